The van der Waals surface area contributed by atoms with E-state index in [1.165, 1.54) is 13.0 Å². The van der Waals surface area contributed by atoms with Gasteiger partial charge in [0.15, 0.2) is 0 Å². The number of aryl methyl sites for hydroxylation is 1. The van der Waals surface area contributed by atoms with Crippen molar-refractivity contribution >= 4 is 32.7 Å². The molecule has 3 fully saturated rings. The van der Waals surface area contributed by atoms with Crippen LogP contribution in [0.15, 0.2) is 78.7 Å². The van der Waals surface area contributed by atoms with Gasteiger partial charge in [0, 0.05) is 52.8 Å². The number of aliphatic hydroxyl groups excluding tert-OH is 1. The molecule has 5 aromatic rings. The third-order valence-corrected chi connectivity index (χ3v) is 11.2. The maximum Gasteiger partial charge on any atom is 0.131 e. The van der Waals surface area contributed by atoms with Crippen molar-refractivity contribution in [1.29, 1.82) is 0 Å². The molecule has 10 heteroatoms. The van der Waals surface area contributed by atoms with E-state index in [4.69, 9.17) is 9.47 Å². The van der Waals surface area contributed by atoms with Gasteiger partial charge in [0.25, 0.3) is 0 Å². The Morgan fingerprint density at radius 3 is 2.68 bits per heavy atom. The Balaban J connectivity index is 0.000000164. The van der Waals surface area contributed by atoms with Crippen LogP contribution < -0.4 is 14.5 Å². The zero-order valence-electron chi connectivity index (χ0n) is 27.7. The minimum atomic E-state index is -1.38. The van der Waals surface area contributed by atoms with E-state index in [1.54, 1.807) is 38.6 Å². The first-order chi connectivity index (χ1) is 22.6. The van der Waals surface area contributed by atoms with Gasteiger partial charge in [0.2, 0.25) is 0 Å². The number of ether oxygens (including phenoxy) is 2. The maximum atomic E-state index is 12.6. The number of rotatable bonds is 8. The highest BCUT2D eigenvalue weighted by atomic mass is 32.2. The Morgan fingerprint density at radius 1 is 1.13 bits per heavy atom. The van der Waals surface area contributed by atoms with Gasteiger partial charge in [-0.25, -0.2) is 0 Å². The van der Waals surface area contributed by atoms with Gasteiger partial charge in [-0.3, -0.25) is 14.2 Å². The Hall–Kier alpha value is -4.12. The molecule has 0 radical (unpaired) electrons. The Kier molecular flexibility index (Phi) is 9.46. The molecule has 47 heavy (non-hydrogen) atoms. The summed E-state index contributed by atoms with van der Waals surface area (Å²) in [5.74, 6) is 3.00. The predicted molar refractivity (Wildman–Crippen MR) is 185 cm³/mol. The fourth-order valence-electron chi connectivity index (χ4n) is 7.43. The van der Waals surface area contributed by atoms with Crippen LogP contribution in [0, 0.1) is 25.7 Å². The van der Waals surface area contributed by atoms with E-state index in [9.17, 15) is 9.32 Å². The smallest absolute Gasteiger partial charge is 0.131 e. The monoisotopic (exact) mass is 653 g/mol. The number of hydrogen-bond donors (Lipinski definition) is 1. The number of pyridine rings is 2. The zero-order chi connectivity index (χ0) is 33.3. The Bertz CT molecular complexity index is 1940. The van der Waals surface area contributed by atoms with Crippen LogP contribution in [0.1, 0.15) is 41.3 Å². The molecule has 3 aromatic heterocycles. The first-order valence-corrected chi connectivity index (χ1v) is 17.3. The molecule has 2 aromatic carbocycles. The Morgan fingerprint density at radius 2 is 1.94 bits per heavy atom. The molecule has 4 unspecified atom stereocenters. The van der Waals surface area contributed by atoms with Gasteiger partial charge in [-0.1, -0.05) is 30.3 Å². The molecule has 8 rings (SSSR count). The maximum absolute atomic E-state index is 12.6. The number of fused-ring (bicyclic) bond motifs is 5. The summed E-state index contributed by atoms with van der Waals surface area (Å²) in [7, 11) is 4.14. The molecule has 246 valence electrons. The normalized spacial score (nSPS) is 23.1. The van der Waals surface area contributed by atoms with Gasteiger partial charge >= 0.3 is 0 Å². The molecule has 3 aliphatic heterocycles. The summed E-state index contributed by atoms with van der Waals surface area (Å²) >= 11 is 0. The molecule has 3 saturated heterocycles. The number of methoxy groups -OCH3 is 2. The molecule has 9 nitrogen and oxygen atoms in total. The van der Waals surface area contributed by atoms with E-state index in [1.807, 2.05) is 44.3 Å². The third kappa shape index (κ3) is 6.42. The van der Waals surface area contributed by atoms with Gasteiger partial charge in [-0.05, 0) is 60.6 Å². The van der Waals surface area contributed by atoms with Crippen LogP contribution in [0.2, 0.25) is 0 Å². The highest BCUT2D eigenvalue weighted by Gasteiger charge is 2.51. The van der Waals surface area contributed by atoms with E-state index >= 15 is 0 Å². The molecule has 1 N–H and O–H groups in total. The molecule has 6 heterocycles. The summed E-state index contributed by atoms with van der Waals surface area (Å²) < 4.78 is 24.2. The van der Waals surface area contributed by atoms with Gasteiger partial charge < -0.3 is 29.0 Å². The quantitative estimate of drug-likeness (QED) is 0.165. The second-order valence-electron chi connectivity index (χ2n) is 12.9. The number of hydrogen-bond acceptors (Lipinski definition) is 7. The summed E-state index contributed by atoms with van der Waals surface area (Å²) in [6.07, 6.45) is 7.60. The molecular weight excluding hydrogens is 611 g/mol. The third-order valence-electron chi connectivity index (χ3n) is 10.1. The lowest BCUT2D eigenvalue weighted by atomic mass is 9.72. The molecular formula is C37H43N5O4S. The van der Waals surface area contributed by atoms with Crippen LogP contribution in [0.3, 0.4) is 0 Å². The van der Waals surface area contributed by atoms with Crippen LogP contribution in [-0.2, 0) is 16.6 Å². The number of benzene rings is 2. The SMILES string of the molecule is C=CC1C[N+]2(C)CCC1C[C@@H]2[C@H](O)c1ccnc2ccccc12.COc1ccc2[n-]c(S(=O)Cc3ncc(C)c(OC)c3C)nc2c1. The van der Waals surface area contributed by atoms with Gasteiger partial charge in [-0.15, -0.1) is 6.58 Å². The number of piperidine rings is 3. The highest BCUT2D eigenvalue weighted by molar-refractivity contribution is 7.84. The minimum Gasteiger partial charge on any atom is -0.497 e. The number of para-hydroxylation sites is 1. The van der Waals surface area contributed by atoms with Crippen LogP contribution in [0.4, 0.5) is 0 Å². The van der Waals surface area contributed by atoms with E-state index in [-0.39, 0.29) is 11.8 Å². The second kappa shape index (κ2) is 13.5. The van der Waals surface area contributed by atoms with Gasteiger partial charge in [0.05, 0.1) is 62.1 Å². The standard InChI is InChI=1S/C20H25N2O.C17H18N3O3S/c1-3-14-13-22(2)11-9-15(14)12-19(22)20(23)17-8-10-21-18-7-5-4-6-16(17)18;1-10-8-18-15(11(2)16(10)23-4)9-24(21)17-19-13-6-5-12(22-3)7-14(13)20-17/h3-8,10,14-15,19-20,23H,1,9,11-13H2,2H3;5-8H,9H2,1-4H3/q+1;-1/t14?,15?,19-,20-,22?;/m1./s1. The van der Waals surface area contributed by atoms with E-state index < -0.39 is 16.9 Å². The van der Waals surface area contributed by atoms with Gasteiger partial charge in [0.1, 0.15) is 23.6 Å². The molecule has 3 aliphatic rings. The summed E-state index contributed by atoms with van der Waals surface area (Å²) in [6.45, 7) is 10.1. The van der Waals surface area contributed by atoms with E-state index in [0.29, 0.717) is 33.8 Å². The number of likely N-dealkylation sites (N-methyl/N-ethyl adjacent to an activating group) is 1. The van der Waals surface area contributed by atoms with Crippen LogP contribution in [-0.4, -0.2) is 69.1 Å². The number of imidazole rings is 1. The van der Waals surface area contributed by atoms with Crippen molar-refractivity contribution in [3.63, 3.8) is 0 Å². The summed E-state index contributed by atoms with van der Waals surface area (Å²) in [5.41, 5.74) is 5.93. The van der Waals surface area contributed by atoms with Crippen molar-refractivity contribution in [2.75, 3.05) is 34.4 Å². The van der Waals surface area contributed by atoms with Crippen molar-refractivity contribution in [3.05, 3.63) is 96.0 Å². The average Bonchev–Trinajstić information content (AvgIpc) is 3.53. The summed E-state index contributed by atoms with van der Waals surface area (Å²) in [6, 6.07) is 15.8. The van der Waals surface area contributed by atoms with Crippen molar-refractivity contribution in [1.82, 2.24) is 19.9 Å². The van der Waals surface area contributed by atoms with Crippen molar-refractivity contribution in [2.24, 2.45) is 11.8 Å². The zero-order valence-corrected chi connectivity index (χ0v) is 28.5. The first-order valence-electron chi connectivity index (χ1n) is 16.0. The lowest BCUT2D eigenvalue weighted by Gasteiger charge is -2.56. The molecule has 0 amide bonds. The van der Waals surface area contributed by atoms with Crippen molar-refractivity contribution in [3.8, 4) is 11.5 Å². The number of nitrogens with zero attached hydrogens (tertiary/aromatic N) is 5. The second-order valence-corrected chi connectivity index (χ2v) is 14.2. The topological polar surface area (TPSA) is 109 Å². The fourth-order valence-corrected chi connectivity index (χ4v) is 8.50. The lowest BCUT2D eigenvalue weighted by molar-refractivity contribution is -0.956. The molecule has 0 saturated carbocycles. The molecule has 0 spiro atoms. The predicted octanol–water partition coefficient (Wildman–Crippen LogP) is 5.84. The van der Waals surface area contributed by atoms with Gasteiger partial charge in [-0.2, -0.15) is 0 Å². The van der Waals surface area contributed by atoms with E-state index in [0.717, 1.165) is 56.5 Å². The highest BCUT2D eigenvalue weighted by Crippen LogP contribution is 2.45. The van der Waals surface area contributed by atoms with Crippen LogP contribution >= 0.6 is 0 Å². The van der Waals surface area contributed by atoms with Crippen molar-refractivity contribution in [2.45, 2.75) is 49.7 Å². The minimum absolute atomic E-state index is 0.246. The summed E-state index contributed by atoms with van der Waals surface area (Å²) in [5, 5.41) is 12.6. The molecule has 2 bridgehead atoms. The first kappa shape index (κ1) is 32.8. The summed E-state index contributed by atoms with van der Waals surface area (Å²) in [4.78, 5) is 17.5. The van der Waals surface area contributed by atoms with Crippen molar-refractivity contribution < 1.29 is 23.3 Å². The van der Waals surface area contributed by atoms with Crippen LogP contribution in [0.5, 0.6) is 11.5 Å². The largest absolute Gasteiger partial charge is 0.497 e. The average molecular weight is 654 g/mol. The van der Waals surface area contributed by atoms with Crippen LogP contribution in [0.25, 0.3) is 21.9 Å². The number of aromatic nitrogens is 4. The number of aliphatic hydroxyl groups is 1. The fraction of sp³-hybridized carbons (Fsp3) is 0.378. The molecule has 6 atom stereocenters. The number of quaternary nitrogens is 1. The molecule has 0 aliphatic carbocycles. The lowest BCUT2D eigenvalue weighted by Crippen LogP contribution is -2.66. The van der Waals surface area contributed by atoms with E-state index in [2.05, 4.69) is 45.7 Å². The Labute approximate surface area is 278 Å².